The van der Waals surface area contributed by atoms with Gasteiger partial charge in [-0.05, 0) is 31.6 Å². The van der Waals surface area contributed by atoms with E-state index in [0.29, 0.717) is 6.04 Å². The summed E-state index contributed by atoms with van der Waals surface area (Å²) >= 11 is 0. The fraction of sp³-hybridized carbons (Fsp3) is 1.00. The van der Waals surface area contributed by atoms with Gasteiger partial charge in [-0.15, -0.1) is 0 Å². The summed E-state index contributed by atoms with van der Waals surface area (Å²) in [5.74, 6) is 1.77. The van der Waals surface area contributed by atoms with Gasteiger partial charge >= 0.3 is 0 Å². The highest BCUT2D eigenvalue weighted by Crippen LogP contribution is 2.29. The highest BCUT2D eigenvalue weighted by Gasteiger charge is 2.20. The van der Waals surface area contributed by atoms with Crippen molar-refractivity contribution in [1.82, 2.24) is 0 Å². The Hall–Kier alpha value is -0.0400. The van der Waals surface area contributed by atoms with Gasteiger partial charge in [-0.1, -0.05) is 19.8 Å². The Balaban J connectivity index is 2.26. The molecule has 0 bridgehead atoms. The molecule has 0 heterocycles. The van der Waals surface area contributed by atoms with Crippen molar-refractivity contribution >= 4 is 0 Å². The smallest absolute Gasteiger partial charge is 0.00387 e. The molecule has 1 saturated carbocycles. The first-order chi connectivity index (χ1) is 4.70. The van der Waals surface area contributed by atoms with Gasteiger partial charge in [0.25, 0.3) is 0 Å². The van der Waals surface area contributed by atoms with Crippen LogP contribution in [0, 0.1) is 11.8 Å². The molecule has 1 heteroatoms. The van der Waals surface area contributed by atoms with Gasteiger partial charge in [-0.2, -0.15) is 0 Å². The van der Waals surface area contributed by atoms with Crippen LogP contribution in [-0.4, -0.2) is 6.04 Å². The summed E-state index contributed by atoms with van der Waals surface area (Å²) in [5.41, 5.74) is 5.81. The van der Waals surface area contributed by atoms with Crippen molar-refractivity contribution in [1.29, 1.82) is 0 Å². The van der Waals surface area contributed by atoms with Gasteiger partial charge in [0.1, 0.15) is 0 Å². The van der Waals surface area contributed by atoms with Crippen molar-refractivity contribution in [2.75, 3.05) is 0 Å². The largest absolute Gasteiger partial charge is 0.328 e. The van der Waals surface area contributed by atoms with Crippen LogP contribution in [0.1, 0.15) is 39.5 Å². The monoisotopic (exact) mass is 141 g/mol. The third kappa shape index (κ3) is 1.98. The average Bonchev–Trinajstić information content (AvgIpc) is 1.88. The maximum atomic E-state index is 5.81. The molecule has 1 aliphatic rings. The molecule has 0 amide bonds. The van der Waals surface area contributed by atoms with E-state index in [-0.39, 0.29) is 0 Å². The van der Waals surface area contributed by atoms with Gasteiger partial charge in [-0.3, -0.25) is 0 Å². The van der Waals surface area contributed by atoms with Gasteiger partial charge < -0.3 is 5.73 Å². The molecule has 0 radical (unpaired) electrons. The van der Waals surface area contributed by atoms with Crippen LogP contribution in [0.25, 0.3) is 0 Å². The normalized spacial score (nSPS) is 37.5. The summed E-state index contributed by atoms with van der Waals surface area (Å²) in [5, 5.41) is 0. The Morgan fingerprint density at radius 2 is 1.70 bits per heavy atom. The SMILES string of the molecule is CC1CCC([C@H](C)N)CC1. The molecule has 1 aliphatic carbocycles. The van der Waals surface area contributed by atoms with E-state index in [9.17, 15) is 0 Å². The fourth-order valence-corrected chi connectivity index (χ4v) is 1.81. The zero-order valence-corrected chi connectivity index (χ0v) is 7.14. The van der Waals surface area contributed by atoms with Crippen LogP contribution in [-0.2, 0) is 0 Å². The van der Waals surface area contributed by atoms with Crippen molar-refractivity contribution in [3.05, 3.63) is 0 Å². The summed E-state index contributed by atoms with van der Waals surface area (Å²) in [6.07, 6.45) is 5.51. The average molecular weight is 141 g/mol. The van der Waals surface area contributed by atoms with Crippen molar-refractivity contribution in [2.45, 2.75) is 45.6 Å². The Morgan fingerprint density at radius 3 is 2.10 bits per heavy atom. The molecule has 0 saturated heterocycles. The molecule has 0 aromatic heterocycles. The van der Waals surface area contributed by atoms with Crippen molar-refractivity contribution < 1.29 is 0 Å². The molecule has 60 valence electrons. The van der Waals surface area contributed by atoms with E-state index in [1.54, 1.807) is 0 Å². The lowest BCUT2D eigenvalue weighted by Crippen LogP contribution is -2.29. The number of hydrogen-bond donors (Lipinski definition) is 1. The van der Waals surface area contributed by atoms with Crippen LogP contribution in [0.2, 0.25) is 0 Å². The first-order valence-electron chi connectivity index (χ1n) is 4.45. The lowest BCUT2D eigenvalue weighted by molar-refractivity contribution is 0.262. The summed E-state index contributed by atoms with van der Waals surface area (Å²) < 4.78 is 0. The maximum absolute atomic E-state index is 5.81. The predicted octanol–water partition coefficient (Wildman–Crippen LogP) is 2.16. The number of nitrogens with two attached hydrogens (primary N) is 1. The molecule has 1 fully saturated rings. The van der Waals surface area contributed by atoms with Crippen molar-refractivity contribution in [2.24, 2.45) is 17.6 Å². The quantitative estimate of drug-likeness (QED) is 0.595. The standard InChI is InChI=1S/C9H19N/c1-7-3-5-9(6-4-7)8(2)10/h7-9H,3-6,10H2,1-2H3/t7?,8-,9?/m0/s1. The van der Waals surface area contributed by atoms with Gasteiger partial charge in [-0.25, -0.2) is 0 Å². The lowest BCUT2D eigenvalue weighted by Gasteiger charge is -2.28. The summed E-state index contributed by atoms with van der Waals surface area (Å²) in [6.45, 7) is 4.48. The van der Waals surface area contributed by atoms with Crippen LogP contribution in [0.5, 0.6) is 0 Å². The number of hydrogen-bond acceptors (Lipinski definition) is 1. The van der Waals surface area contributed by atoms with E-state index in [1.165, 1.54) is 25.7 Å². The zero-order chi connectivity index (χ0) is 7.56. The molecule has 1 rings (SSSR count). The molecule has 0 aromatic carbocycles. The Kier molecular flexibility index (Phi) is 2.72. The molecular formula is C9H19N. The highest BCUT2D eigenvalue weighted by molar-refractivity contribution is 4.75. The van der Waals surface area contributed by atoms with E-state index < -0.39 is 0 Å². The van der Waals surface area contributed by atoms with E-state index >= 15 is 0 Å². The van der Waals surface area contributed by atoms with Crippen LogP contribution in [0.15, 0.2) is 0 Å². The molecular weight excluding hydrogens is 122 g/mol. The third-order valence-corrected chi connectivity index (χ3v) is 2.80. The van der Waals surface area contributed by atoms with Crippen molar-refractivity contribution in [3.8, 4) is 0 Å². The predicted molar refractivity (Wildman–Crippen MR) is 44.8 cm³/mol. The lowest BCUT2D eigenvalue weighted by atomic mass is 9.80. The van der Waals surface area contributed by atoms with Gasteiger partial charge in [0, 0.05) is 6.04 Å². The minimum Gasteiger partial charge on any atom is -0.328 e. The third-order valence-electron chi connectivity index (χ3n) is 2.80. The van der Waals surface area contributed by atoms with E-state index in [2.05, 4.69) is 13.8 Å². The van der Waals surface area contributed by atoms with Crippen molar-refractivity contribution in [3.63, 3.8) is 0 Å². The van der Waals surface area contributed by atoms with Crippen LogP contribution >= 0.6 is 0 Å². The summed E-state index contributed by atoms with van der Waals surface area (Å²) in [6, 6.07) is 0.424. The molecule has 0 unspecified atom stereocenters. The minimum atomic E-state index is 0.424. The first-order valence-corrected chi connectivity index (χ1v) is 4.45. The van der Waals surface area contributed by atoms with Crippen LogP contribution in [0.3, 0.4) is 0 Å². The van der Waals surface area contributed by atoms with E-state index in [4.69, 9.17) is 5.73 Å². The molecule has 0 spiro atoms. The Morgan fingerprint density at radius 1 is 1.20 bits per heavy atom. The van der Waals surface area contributed by atoms with E-state index in [0.717, 1.165) is 11.8 Å². The Labute approximate surface area is 64.0 Å². The summed E-state index contributed by atoms with van der Waals surface area (Å²) in [7, 11) is 0. The van der Waals surface area contributed by atoms with Gasteiger partial charge in [0.15, 0.2) is 0 Å². The van der Waals surface area contributed by atoms with Crippen LogP contribution < -0.4 is 5.73 Å². The summed E-state index contributed by atoms with van der Waals surface area (Å²) in [4.78, 5) is 0. The topological polar surface area (TPSA) is 26.0 Å². The maximum Gasteiger partial charge on any atom is 0.00387 e. The molecule has 2 N–H and O–H groups in total. The van der Waals surface area contributed by atoms with Gasteiger partial charge in [0.2, 0.25) is 0 Å². The van der Waals surface area contributed by atoms with E-state index in [1.807, 2.05) is 0 Å². The zero-order valence-electron chi connectivity index (χ0n) is 7.14. The minimum absolute atomic E-state index is 0.424. The molecule has 10 heavy (non-hydrogen) atoms. The highest BCUT2D eigenvalue weighted by atomic mass is 14.6. The Bertz CT molecular complexity index is 90.9. The molecule has 1 nitrogen and oxygen atoms in total. The number of rotatable bonds is 1. The molecule has 1 atom stereocenters. The van der Waals surface area contributed by atoms with Crippen LogP contribution in [0.4, 0.5) is 0 Å². The second kappa shape index (κ2) is 3.38. The molecule has 0 aliphatic heterocycles. The second-order valence-electron chi connectivity index (χ2n) is 3.88. The first kappa shape index (κ1) is 8.06. The van der Waals surface area contributed by atoms with Gasteiger partial charge in [0.05, 0.1) is 0 Å². The molecule has 0 aromatic rings. The second-order valence-corrected chi connectivity index (χ2v) is 3.88. The fourth-order valence-electron chi connectivity index (χ4n) is 1.81.